The number of pyridine rings is 1. The van der Waals surface area contributed by atoms with E-state index in [0.29, 0.717) is 20.5 Å². The third-order valence-electron chi connectivity index (χ3n) is 2.67. The van der Waals surface area contributed by atoms with E-state index in [1.165, 1.54) is 0 Å². The summed E-state index contributed by atoms with van der Waals surface area (Å²) in [5.74, 6) is 0. The maximum atomic E-state index is 10.5. The Morgan fingerprint density at radius 3 is 2.48 bits per heavy atom. The molecule has 0 spiro atoms. The molecule has 7 nitrogen and oxygen atoms in total. The van der Waals surface area contributed by atoms with Gasteiger partial charge >= 0.3 is 5.69 Å². The van der Waals surface area contributed by atoms with Crippen LogP contribution in [0.5, 0.6) is 0 Å². The van der Waals surface area contributed by atoms with Gasteiger partial charge in [-0.3, -0.25) is 14.3 Å². The maximum absolute atomic E-state index is 10.5. The van der Waals surface area contributed by atoms with Crippen LogP contribution < -0.4 is 0 Å². The van der Waals surface area contributed by atoms with Gasteiger partial charge in [-0.05, 0) is 45.2 Å². The van der Waals surface area contributed by atoms with Crippen molar-refractivity contribution in [3.05, 3.63) is 62.3 Å². The lowest BCUT2D eigenvalue weighted by atomic mass is 10.3. The molecule has 2 heterocycles. The molecule has 0 saturated carbocycles. The molecule has 1 unspecified atom stereocenters. The van der Waals surface area contributed by atoms with Crippen LogP contribution in [-0.2, 0) is 11.1 Å². The van der Waals surface area contributed by atoms with Crippen LogP contribution >= 0.6 is 27.5 Å². The second kappa shape index (κ2) is 7.64. The molecule has 0 fully saturated rings. The van der Waals surface area contributed by atoms with Crippen molar-refractivity contribution in [3.63, 3.8) is 0 Å². The first-order valence-corrected chi connectivity index (χ1v) is 8.26. The lowest BCUT2D eigenvalue weighted by Crippen LogP contribution is -1.90. The highest BCUT2D eigenvalue weighted by atomic mass is 79.9. The summed E-state index contributed by atoms with van der Waals surface area (Å²) in [6.07, 6.45) is 1.13. The smallest absolute Gasteiger partial charge is 0.306 e. The minimum atomic E-state index is -2.08. The lowest BCUT2D eigenvalue weighted by molar-refractivity contribution is -0.384. The third-order valence-corrected chi connectivity index (χ3v) is 4.16. The predicted molar refractivity (Wildman–Crippen MR) is 89.1 cm³/mol. The molecular weight excluding hydrogens is 410 g/mol. The zero-order chi connectivity index (χ0) is 17.0. The molecule has 0 amide bonds. The third kappa shape index (κ3) is 4.35. The summed E-state index contributed by atoms with van der Waals surface area (Å²) < 4.78 is 21.1. The summed E-state index contributed by atoms with van der Waals surface area (Å²) in [6.45, 7) is 0. The zero-order valence-corrected chi connectivity index (χ0v) is 14.4. The molecule has 1 N–H and O–H groups in total. The van der Waals surface area contributed by atoms with E-state index < -0.39 is 16.0 Å². The molecule has 10 heteroatoms. The van der Waals surface area contributed by atoms with E-state index in [9.17, 15) is 18.9 Å². The molecule has 2 aromatic heterocycles. The molecule has 0 aliphatic carbocycles. The Balaban J connectivity index is 0.000000185. The summed E-state index contributed by atoms with van der Waals surface area (Å²) in [5.41, 5.74) is 0.332. The number of nitro groups is 1. The normalized spacial score (nSPS) is 11.6. The fourth-order valence-corrected chi connectivity index (χ4v) is 2.72. The van der Waals surface area contributed by atoms with Crippen LogP contribution in [0.1, 0.15) is 0 Å². The van der Waals surface area contributed by atoms with E-state index in [4.69, 9.17) is 11.6 Å². The molecule has 120 valence electrons. The van der Waals surface area contributed by atoms with E-state index >= 15 is 0 Å². The Bertz CT molecular complexity index is 872. The zero-order valence-electron chi connectivity index (χ0n) is 11.2. The van der Waals surface area contributed by atoms with Crippen LogP contribution in [-0.4, -0.2) is 23.7 Å². The fraction of sp³-hybridized carbons (Fsp3) is 0. The molecule has 0 aliphatic rings. The minimum absolute atomic E-state index is 0.0990. The Labute approximate surface area is 146 Å². The van der Waals surface area contributed by atoms with Gasteiger partial charge in [0.25, 0.3) is 0 Å². The second-order valence-corrected chi connectivity index (χ2v) is 6.31. The summed E-state index contributed by atoms with van der Waals surface area (Å²) in [7, 11) is 0. The highest BCUT2D eigenvalue weighted by Gasteiger charge is 2.17. The van der Waals surface area contributed by atoms with Crippen LogP contribution in [0, 0.1) is 10.1 Å². The highest BCUT2D eigenvalue weighted by molar-refractivity contribution is 9.10. The number of rotatable bonds is 2. The molecule has 23 heavy (non-hydrogen) atoms. The largest absolute Gasteiger partial charge is 0.768 e. The number of fused-ring (bicyclic) bond motifs is 1. The second-order valence-electron chi connectivity index (χ2n) is 4.14. The van der Waals surface area contributed by atoms with Crippen LogP contribution in [0.4, 0.5) is 5.69 Å². The van der Waals surface area contributed by atoms with Gasteiger partial charge in [-0.15, -0.1) is 0 Å². The maximum Gasteiger partial charge on any atom is 0.306 e. The number of hydrogen-bond donors (Lipinski definition) is 1. The van der Waals surface area contributed by atoms with Crippen molar-refractivity contribution in [2.45, 2.75) is 4.90 Å². The van der Waals surface area contributed by atoms with E-state index in [1.54, 1.807) is 36.4 Å². The fourth-order valence-electron chi connectivity index (χ4n) is 1.66. The SMILES string of the molecule is O=S([O-])c1ccccc1.O=[N+]([O-])c1cnc2[nH]c(Br)cc2c1Cl. The monoisotopic (exact) mass is 416 g/mol. The van der Waals surface area contributed by atoms with Crippen LogP contribution in [0.25, 0.3) is 11.0 Å². The van der Waals surface area contributed by atoms with Crippen LogP contribution in [0.2, 0.25) is 5.02 Å². The van der Waals surface area contributed by atoms with Crippen molar-refractivity contribution >= 4 is 55.3 Å². The quantitative estimate of drug-likeness (QED) is 0.387. The number of halogens is 2. The van der Waals surface area contributed by atoms with Crippen molar-refractivity contribution in [1.29, 1.82) is 0 Å². The first kappa shape index (κ1) is 17.5. The molecule has 0 saturated heterocycles. The first-order valence-electron chi connectivity index (χ1n) is 6.01. The molecule has 3 rings (SSSR count). The van der Waals surface area contributed by atoms with Crippen molar-refractivity contribution in [2.24, 2.45) is 0 Å². The predicted octanol–water partition coefficient (Wildman–Crippen LogP) is 3.81. The van der Waals surface area contributed by atoms with Gasteiger partial charge in [0.05, 0.1) is 9.53 Å². The van der Waals surface area contributed by atoms with Gasteiger partial charge in [0.2, 0.25) is 0 Å². The van der Waals surface area contributed by atoms with Gasteiger partial charge in [-0.1, -0.05) is 29.8 Å². The Hall–Kier alpha value is -1.81. The van der Waals surface area contributed by atoms with Gasteiger partial charge in [0, 0.05) is 10.3 Å². The van der Waals surface area contributed by atoms with Crippen LogP contribution in [0.15, 0.2) is 52.1 Å². The van der Waals surface area contributed by atoms with Crippen LogP contribution in [0.3, 0.4) is 0 Å². The summed E-state index contributed by atoms with van der Waals surface area (Å²) in [4.78, 5) is 17.0. The van der Waals surface area contributed by atoms with Gasteiger partial charge in [-0.2, -0.15) is 0 Å². The molecule has 0 radical (unpaired) electrons. The van der Waals surface area contributed by atoms with E-state index in [2.05, 4.69) is 25.9 Å². The standard InChI is InChI=1S/C7H3BrClN3O2.C6H6O2S/c8-5-1-3-6(9)4(12(13)14)2-10-7(3)11-5;7-9(8)6-4-2-1-3-5-6/h1-2H,(H,10,11);1-5H,(H,7,8)/p-1. The highest BCUT2D eigenvalue weighted by Crippen LogP contribution is 2.32. The van der Waals surface area contributed by atoms with E-state index in [1.807, 2.05) is 0 Å². The van der Waals surface area contributed by atoms with Crippen molar-refractivity contribution < 1.29 is 13.7 Å². The number of aromatic nitrogens is 2. The number of aromatic amines is 1. The van der Waals surface area contributed by atoms with Gasteiger partial charge in [0.15, 0.2) is 0 Å². The van der Waals surface area contributed by atoms with Crippen molar-refractivity contribution in [3.8, 4) is 0 Å². The van der Waals surface area contributed by atoms with Gasteiger partial charge in [-0.25, -0.2) is 4.98 Å². The average Bonchev–Trinajstić information content (AvgIpc) is 2.90. The van der Waals surface area contributed by atoms with Gasteiger partial charge in [0.1, 0.15) is 16.9 Å². The van der Waals surface area contributed by atoms with E-state index in [-0.39, 0.29) is 10.7 Å². The molecule has 0 bridgehead atoms. The van der Waals surface area contributed by atoms with Crippen molar-refractivity contribution in [1.82, 2.24) is 9.97 Å². The topological polar surface area (TPSA) is 112 Å². The minimum Gasteiger partial charge on any atom is -0.768 e. The van der Waals surface area contributed by atoms with Crippen molar-refractivity contribution in [2.75, 3.05) is 0 Å². The molecule has 3 aromatic rings. The molecule has 0 aliphatic heterocycles. The Morgan fingerprint density at radius 1 is 1.30 bits per heavy atom. The first-order chi connectivity index (χ1) is 10.9. The number of nitrogens with one attached hydrogen (secondary N) is 1. The Morgan fingerprint density at radius 2 is 1.96 bits per heavy atom. The van der Waals surface area contributed by atoms with E-state index in [0.717, 1.165) is 6.20 Å². The number of nitrogens with zero attached hydrogens (tertiary/aromatic N) is 2. The number of H-pyrrole nitrogens is 1. The summed E-state index contributed by atoms with van der Waals surface area (Å²) in [5, 5.41) is 11.2. The molecular formula is C13H8BrClN3O4S-. The molecule has 1 atom stereocenters. The Kier molecular flexibility index (Phi) is 5.83. The lowest BCUT2D eigenvalue weighted by Gasteiger charge is -2.01. The number of hydrogen-bond acceptors (Lipinski definition) is 5. The number of benzene rings is 1. The summed E-state index contributed by atoms with van der Waals surface area (Å²) in [6, 6.07) is 9.89. The molecule has 1 aromatic carbocycles. The average molecular weight is 418 g/mol. The summed E-state index contributed by atoms with van der Waals surface area (Å²) >= 11 is 6.94. The van der Waals surface area contributed by atoms with Gasteiger partial charge < -0.3 is 9.54 Å².